The molecule has 3 fully saturated rings. The van der Waals surface area contributed by atoms with E-state index in [2.05, 4.69) is 0 Å². The van der Waals surface area contributed by atoms with E-state index in [0.717, 1.165) is 6.92 Å². The van der Waals surface area contributed by atoms with E-state index in [9.17, 15) is 29.4 Å². The van der Waals surface area contributed by atoms with E-state index in [0.29, 0.717) is 0 Å². The highest BCUT2D eigenvalue weighted by atomic mass is 16.6. The highest BCUT2D eigenvalue weighted by molar-refractivity contribution is 5.90. The van der Waals surface area contributed by atoms with E-state index in [-0.39, 0.29) is 24.0 Å². The van der Waals surface area contributed by atoms with E-state index in [1.807, 2.05) is 0 Å². The lowest BCUT2D eigenvalue weighted by Crippen LogP contribution is -2.83. The highest BCUT2D eigenvalue weighted by Crippen LogP contribution is 2.68. The summed E-state index contributed by atoms with van der Waals surface area (Å²) in [5.41, 5.74) is -6.64. The van der Waals surface area contributed by atoms with Gasteiger partial charge in [-0.05, 0) is 57.9 Å². The molecule has 1 heterocycles. The molecule has 2 aliphatic carbocycles. The fourth-order valence-corrected chi connectivity index (χ4v) is 7.71. The quantitative estimate of drug-likeness (QED) is 0.351. The first-order valence-corrected chi connectivity index (χ1v) is 14.6. The van der Waals surface area contributed by atoms with E-state index < -0.39 is 83.0 Å². The molecule has 3 aliphatic rings. The number of rotatable bonds is 7. The molecule has 0 unspecified atom stereocenters. The summed E-state index contributed by atoms with van der Waals surface area (Å²) in [5, 5.41) is 24.4. The van der Waals surface area contributed by atoms with Crippen molar-refractivity contribution in [3.05, 3.63) is 71.8 Å². The van der Waals surface area contributed by atoms with E-state index in [4.69, 9.17) is 23.7 Å². The fourth-order valence-electron chi connectivity index (χ4n) is 7.71. The zero-order chi connectivity index (χ0) is 32.1. The maximum absolute atomic E-state index is 13.5. The Kier molecular flexibility index (Phi) is 8.11. The molecule has 44 heavy (non-hydrogen) atoms. The Hall–Kier alpha value is -3.80. The van der Waals surface area contributed by atoms with Gasteiger partial charge in [0.05, 0.1) is 34.4 Å². The smallest absolute Gasteiger partial charge is 0.338 e. The normalized spacial score (nSPS) is 35.1. The van der Waals surface area contributed by atoms with Crippen molar-refractivity contribution >= 4 is 23.9 Å². The van der Waals surface area contributed by atoms with Crippen molar-refractivity contribution in [3.63, 3.8) is 0 Å². The van der Waals surface area contributed by atoms with Gasteiger partial charge < -0.3 is 33.9 Å². The number of benzene rings is 2. The maximum atomic E-state index is 13.5. The summed E-state index contributed by atoms with van der Waals surface area (Å²) >= 11 is 0. The van der Waals surface area contributed by atoms with Crippen LogP contribution in [0.2, 0.25) is 0 Å². The average molecular weight is 611 g/mol. The van der Waals surface area contributed by atoms with Crippen molar-refractivity contribution in [2.45, 2.75) is 88.7 Å². The first-order chi connectivity index (χ1) is 20.7. The zero-order valence-corrected chi connectivity index (χ0v) is 25.4. The third-order valence-electron chi connectivity index (χ3n) is 9.42. The van der Waals surface area contributed by atoms with Crippen LogP contribution in [0.4, 0.5) is 0 Å². The largest absolute Gasteiger partial charge is 0.465 e. The molecule has 2 aromatic rings. The summed E-state index contributed by atoms with van der Waals surface area (Å²) in [7, 11) is 0. The Morgan fingerprint density at radius 2 is 1.39 bits per heavy atom. The van der Waals surface area contributed by atoms with Crippen molar-refractivity contribution in [3.8, 4) is 0 Å². The molecule has 8 atom stereocenters. The topological polar surface area (TPSA) is 155 Å². The molecule has 0 amide bonds. The van der Waals surface area contributed by atoms with Crippen LogP contribution in [0.15, 0.2) is 60.7 Å². The summed E-state index contributed by atoms with van der Waals surface area (Å²) < 4.78 is 30.5. The lowest BCUT2D eigenvalue weighted by Gasteiger charge is -2.65. The molecule has 11 heteroatoms. The first-order valence-electron chi connectivity index (χ1n) is 14.6. The van der Waals surface area contributed by atoms with Crippen molar-refractivity contribution in [2.24, 2.45) is 11.3 Å². The minimum atomic E-state index is -2.01. The van der Waals surface area contributed by atoms with Crippen LogP contribution in [0.1, 0.15) is 68.2 Å². The Balaban J connectivity index is 1.75. The number of fused-ring (bicyclic) bond motifs is 1. The third kappa shape index (κ3) is 4.87. The molecule has 1 spiro atoms. The summed E-state index contributed by atoms with van der Waals surface area (Å²) in [5.74, 6) is -4.03. The van der Waals surface area contributed by atoms with Crippen LogP contribution in [0.3, 0.4) is 0 Å². The van der Waals surface area contributed by atoms with Gasteiger partial charge in [0, 0.05) is 13.8 Å². The van der Waals surface area contributed by atoms with Crippen LogP contribution in [0, 0.1) is 11.3 Å². The van der Waals surface area contributed by atoms with Crippen molar-refractivity contribution in [1.29, 1.82) is 0 Å². The SMILES string of the molecule is CC(=O)OC[C@@]12[C@@H](OC(=O)c3ccccc3)CC[C@@](C)(O)[C@@]13OC(C)(C)[C@@H]([C@H](OC(=O)c1ccccc1)[C@H]2OC(C)=O)[C@H]3O. The lowest BCUT2D eigenvalue weighted by atomic mass is 9.46. The van der Waals surface area contributed by atoms with Crippen LogP contribution < -0.4 is 0 Å². The number of hydrogen-bond donors (Lipinski definition) is 2. The Labute approximate surface area is 255 Å². The van der Waals surface area contributed by atoms with Crippen LogP contribution in [-0.2, 0) is 33.3 Å². The monoisotopic (exact) mass is 610 g/mol. The van der Waals surface area contributed by atoms with E-state index in [1.165, 1.54) is 13.8 Å². The first kappa shape index (κ1) is 31.6. The molecule has 236 valence electrons. The number of carbonyl (C=O) groups is 4. The van der Waals surface area contributed by atoms with Crippen LogP contribution in [0.5, 0.6) is 0 Å². The predicted octanol–water partition coefficient (Wildman–Crippen LogP) is 3.00. The van der Waals surface area contributed by atoms with E-state index >= 15 is 0 Å². The van der Waals surface area contributed by atoms with Gasteiger partial charge in [-0.15, -0.1) is 0 Å². The molecule has 0 aromatic heterocycles. The van der Waals surface area contributed by atoms with Gasteiger partial charge in [-0.25, -0.2) is 9.59 Å². The number of aliphatic hydroxyl groups is 2. The summed E-state index contributed by atoms with van der Waals surface area (Å²) in [6.07, 6.45) is -5.67. The minimum absolute atomic E-state index is 0.00266. The molecule has 5 rings (SSSR count). The summed E-state index contributed by atoms with van der Waals surface area (Å²) in [6, 6.07) is 16.3. The van der Waals surface area contributed by atoms with Crippen LogP contribution in [-0.4, -0.2) is 81.9 Å². The molecule has 2 N–H and O–H groups in total. The Morgan fingerprint density at radius 1 is 0.841 bits per heavy atom. The van der Waals surface area contributed by atoms with Crippen LogP contribution >= 0.6 is 0 Å². The highest BCUT2D eigenvalue weighted by Gasteiger charge is 2.86. The summed E-state index contributed by atoms with van der Waals surface area (Å²) in [6.45, 7) is 6.54. The molecule has 1 aliphatic heterocycles. The van der Waals surface area contributed by atoms with Crippen molar-refractivity contribution in [1.82, 2.24) is 0 Å². The predicted molar refractivity (Wildman–Crippen MR) is 153 cm³/mol. The minimum Gasteiger partial charge on any atom is -0.465 e. The van der Waals surface area contributed by atoms with E-state index in [1.54, 1.807) is 74.5 Å². The molecular formula is C33H38O11. The number of aliphatic hydroxyl groups excluding tert-OH is 1. The standard InChI is InChI=1S/C33H38O11/c1-19(34)40-18-32-23(42-28(37)21-12-8-6-9-13-21)16-17-31(5,39)33(32)26(36)24(30(3,4)44-33)25(27(32)41-20(2)35)43-29(38)22-14-10-7-11-15-22/h6-15,23-27,36,39H,16-18H2,1-5H3/t23-,24-,25-,26+,27+,31+,32-,33+/m0/s1. The lowest BCUT2D eigenvalue weighted by molar-refractivity contribution is -0.347. The van der Waals surface area contributed by atoms with Gasteiger partial charge in [-0.1, -0.05) is 36.4 Å². The Bertz CT molecular complexity index is 1420. The molecule has 2 bridgehead atoms. The van der Waals surface area contributed by atoms with Crippen molar-refractivity contribution in [2.75, 3.05) is 6.61 Å². The number of carbonyl (C=O) groups excluding carboxylic acids is 4. The zero-order valence-electron chi connectivity index (χ0n) is 25.4. The maximum Gasteiger partial charge on any atom is 0.338 e. The van der Waals surface area contributed by atoms with Gasteiger partial charge in [-0.3, -0.25) is 9.59 Å². The number of ether oxygens (including phenoxy) is 5. The second kappa shape index (κ2) is 11.3. The molecule has 2 aromatic carbocycles. The molecule has 1 saturated heterocycles. The summed E-state index contributed by atoms with van der Waals surface area (Å²) in [4.78, 5) is 52.2. The van der Waals surface area contributed by atoms with Crippen molar-refractivity contribution < 1.29 is 53.1 Å². The number of esters is 4. The molecule has 0 radical (unpaired) electrons. The van der Waals surface area contributed by atoms with Gasteiger partial charge in [-0.2, -0.15) is 0 Å². The molecule has 2 saturated carbocycles. The second-order valence-electron chi connectivity index (χ2n) is 12.6. The van der Waals surface area contributed by atoms with Gasteiger partial charge in [0.15, 0.2) is 6.10 Å². The fraction of sp³-hybridized carbons (Fsp3) is 0.515. The van der Waals surface area contributed by atoms with Gasteiger partial charge in [0.2, 0.25) is 0 Å². The van der Waals surface area contributed by atoms with Gasteiger partial charge >= 0.3 is 23.9 Å². The molecule has 11 nitrogen and oxygen atoms in total. The van der Waals surface area contributed by atoms with Gasteiger partial charge in [0.25, 0.3) is 0 Å². The van der Waals surface area contributed by atoms with Gasteiger partial charge in [0.1, 0.15) is 29.8 Å². The second-order valence-corrected chi connectivity index (χ2v) is 12.6. The number of hydrogen-bond acceptors (Lipinski definition) is 11. The average Bonchev–Trinajstić information content (AvgIpc) is 3.15. The third-order valence-corrected chi connectivity index (χ3v) is 9.42. The Morgan fingerprint density at radius 3 is 1.91 bits per heavy atom. The molecular weight excluding hydrogens is 572 g/mol. The van der Waals surface area contributed by atoms with Crippen LogP contribution in [0.25, 0.3) is 0 Å².